The molecule has 30 heavy (non-hydrogen) atoms. The van der Waals surface area contributed by atoms with Gasteiger partial charge in [0.05, 0.1) is 0 Å². The lowest BCUT2D eigenvalue weighted by atomic mass is 9.68. The van der Waals surface area contributed by atoms with Crippen LogP contribution in [0.3, 0.4) is 0 Å². The molecule has 3 rings (SSSR count). The number of halogens is 5. The lowest BCUT2D eigenvalue weighted by Crippen LogP contribution is -2.25. The first-order valence-electron chi connectivity index (χ1n) is 11.0. The van der Waals surface area contributed by atoms with Crippen LogP contribution in [0.25, 0.3) is 0 Å². The normalized spacial score (nSPS) is 28.0. The van der Waals surface area contributed by atoms with Crippen LogP contribution in [0.4, 0.5) is 22.0 Å². The molecule has 0 amide bonds. The molecule has 2 saturated carbocycles. The highest BCUT2D eigenvalue weighted by Crippen LogP contribution is 2.45. The molecule has 1 aromatic rings. The number of hydrogen-bond donors (Lipinski definition) is 0. The maximum Gasteiger partial charge on any atom is 0.422 e. The maximum absolute atomic E-state index is 13.9. The average Bonchev–Trinajstić information content (AvgIpc) is 2.67. The van der Waals surface area contributed by atoms with Gasteiger partial charge in [0.2, 0.25) is 0 Å². The molecule has 2 aliphatic rings. The standard InChI is InChI=1S/C25H31F5/c1-16(2)4-3-5-17-6-8-18(9-7-17)19-10-12-20(13-11-19)21-14-22(26)24(23(27)15-21)25(28,29)30/h3-5,14-15,17-20H,6-13H2,1-2H3. The predicted octanol–water partition coefficient (Wildman–Crippen LogP) is 8.59. The van der Waals surface area contributed by atoms with Gasteiger partial charge in [0.15, 0.2) is 0 Å². The quantitative estimate of drug-likeness (QED) is 0.334. The summed E-state index contributed by atoms with van der Waals surface area (Å²) in [6.45, 7) is 4.18. The Kier molecular flexibility index (Phi) is 7.41. The van der Waals surface area contributed by atoms with E-state index in [1.165, 1.54) is 31.3 Å². The van der Waals surface area contributed by atoms with Crippen molar-refractivity contribution in [3.05, 3.63) is 58.7 Å². The summed E-state index contributed by atoms with van der Waals surface area (Å²) in [5.41, 5.74) is -0.121. The molecule has 0 spiro atoms. The highest BCUT2D eigenvalue weighted by Gasteiger charge is 2.39. The minimum absolute atomic E-state index is 0.0594. The van der Waals surface area contributed by atoms with Crippen LogP contribution in [-0.2, 0) is 6.18 Å². The Labute approximate surface area is 176 Å². The Balaban J connectivity index is 1.53. The number of allylic oxidation sites excluding steroid dienone is 4. The first-order chi connectivity index (χ1) is 14.1. The molecule has 0 unspecified atom stereocenters. The highest BCUT2D eigenvalue weighted by molar-refractivity contribution is 5.30. The topological polar surface area (TPSA) is 0 Å². The number of benzene rings is 1. The van der Waals surface area contributed by atoms with E-state index in [9.17, 15) is 22.0 Å². The van der Waals surface area contributed by atoms with Crippen molar-refractivity contribution in [2.24, 2.45) is 17.8 Å². The molecule has 2 fully saturated rings. The molecular weight excluding hydrogens is 395 g/mol. The molecule has 0 nitrogen and oxygen atoms in total. The molecule has 1 aromatic carbocycles. The third-order valence-corrected chi connectivity index (χ3v) is 6.89. The molecule has 5 heteroatoms. The molecule has 0 bridgehead atoms. The van der Waals surface area contributed by atoms with Gasteiger partial charge in [-0.25, -0.2) is 8.78 Å². The van der Waals surface area contributed by atoms with Crippen molar-refractivity contribution in [2.45, 2.75) is 77.3 Å². The summed E-state index contributed by atoms with van der Waals surface area (Å²) in [4.78, 5) is 0. The average molecular weight is 427 g/mol. The van der Waals surface area contributed by atoms with Crippen LogP contribution in [0.15, 0.2) is 35.9 Å². The second-order valence-electron chi connectivity index (χ2n) is 9.27. The second-order valence-corrected chi connectivity index (χ2v) is 9.27. The lowest BCUT2D eigenvalue weighted by Gasteiger charge is -2.37. The summed E-state index contributed by atoms with van der Waals surface area (Å²) in [5, 5.41) is 0. The van der Waals surface area contributed by atoms with Crippen molar-refractivity contribution in [1.82, 2.24) is 0 Å². The summed E-state index contributed by atoms with van der Waals surface area (Å²) < 4.78 is 66.2. The van der Waals surface area contributed by atoms with Crippen LogP contribution in [0.1, 0.15) is 82.3 Å². The van der Waals surface area contributed by atoms with Gasteiger partial charge in [-0.2, -0.15) is 13.2 Å². The Morgan fingerprint density at radius 2 is 1.33 bits per heavy atom. The molecule has 0 saturated heterocycles. The van der Waals surface area contributed by atoms with Crippen molar-refractivity contribution in [1.29, 1.82) is 0 Å². The van der Waals surface area contributed by atoms with Crippen LogP contribution in [0.2, 0.25) is 0 Å². The van der Waals surface area contributed by atoms with E-state index in [0.717, 1.165) is 37.8 Å². The van der Waals surface area contributed by atoms with Gasteiger partial charge in [-0.15, -0.1) is 0 Å². The fraction of sp³-hybridized carbons (Fsp3) is 0.600. The van der Waals surface area contributed by atoms with E-state index in [2.05, 4.69) is 32.1 Å². The van der Waals surface area contributed by atoms with E-state index in [-0.39, 0.29) is 5.92 Å². The van der Waals surface area contributed by atoms with Gasteiger partial charge in [-0.3, -0.25) is 0 Å². The third-order valence-electron chi connectivity index (χ3n) is 6.89. The van der Waals surface area contributed by atoms with E-state index in [1.807, 2.05) is 0 Å². The maximum atomic E-state index is 13.9. The lowest BCUT2D eigenvalue weighted by molar-refractivity contribution is -0.142. The Hall–Kier alpha value is -1.65. The second kappa shape index (κ2) is 9.65. The van der Waals surface area contributed by atoms with E-state index in [4.69, 9.17) is 0 Å². The number of alkyl halides is 3. The summed E-state index contributed by atoms with van der Waals surface area (Å²) in [6.07, 6.45) is 9.97. The smallest absolute Gasteiger partial charge is 0.206 e. The van der Waals surface area contributed by atoms with Gasteiger partial charge in [0, 0.05) is 0 Å². The van der Waals surface area contributed by atoms with Gasteiger partial charge in [-0.05, 0) is 107 Å². The van der Waals surface area contributed by atoms with E-state index in [0.29, 0.717) is 23.3 Å². The third kappa shape index (κ3) is 5.73. The zero-order valence-electron chi connectivity index (χ0n) is 17.7. The summed E-state index contributed by atoms with van der Waals surface area (Å²) >= 11 is 0. The first kappa shape index (κ1) is 23.0. The van der Waals surface area contributed by atoms with Crippen LogP contribution in [0, 0.1) is 29.4 Å². The molecule has 166 valence electrons. The van der Waals surface area contributed by atoms with Crippen LogP contribution < -0.4 is 0 Å². The van der Waals surface area contributed by atoms with Crippen molar-refractivity contribution in [3.8, 4) is 0 Å². The van der Waals surface area contributed by atoms with Gasteiger partial charge in [0.1, 0.15) is 17.2 Å². The Morgan fingerprint density at radius 3 is 1.80 bits per heavy atom. The predicted molar refractivity (Wildman–Crippen MR) is 110 cm³/mol. The SMILES string of the molecule is CC(C)=CC=CC1CCC(C2CCC(c3cc(F)c(C(F)(F)F)c(F)c3)CC2)CC1. The van der Waals surface area contributed by atoms with Gasteiger partial charge < -0.3 is 0 Å². The van der Waals surface area contributed by atoms with Crippen LogP contribution in [0.5, 0.6) is 0 Å². The zero-order valence-corrected chi connectivity index (χ0v) is 17.7. The molecule has 0 atom stereocenters. The zero-order chi connectivity index (χ0) is 21.9. The Bertz CT molecular complexity index is 746. The molecule has 0 N–H and O–H groups in total. The molecular formula is C25H31F5. The van der Waals surface area contributed by atoms with Crippen molar-refractivity contribution < 1.29 is 22.0 Å². The fourth-order valence-electron chi connectivity index (χ4n) is 5.24. The summed E-state index contributed by atoms with van der Waals surface area (Å²) in [7, 11) is 0. The Morgan fingerprint density at radius 1 is 0.833 bits per heavy atom. The fourth-order valence-corrected chi connectivity index (χ4v) is 5.24. The van der Waals surface area contributed by atoms with Crippen molar-refractivity contribution >= 4 is 0 Å². The minimum Gasteiger partial charge on any atom is -0.206 e. The van der Waals surface area contributed by atoms with E-state index >= 15 is 0 Å². The highest BCUT2D eigenvalue weighted by atomic mass is 19.4. The van der Waals surface area contributed by atoms with E-state index < -0.39 is 23.4 Å². The first-order valence-corrected chi connectivity index (χ1v) is 11.0. The minimum atomic E-state index is -5.01. The van der Waals surface area contributed by atoms with E-state index in [1.54, 1.807) is 0 Å². The molecule has 0 heterocycles. The monoisotopic (exact) mass is 426 g/mol. The molecule has 2 aliphatic carbocycles. The summed E-state index contributed by atoms with van der Waals surface area (Å²) in [6, 6.07) is 1.78. The number of rotatable bonds is 4. The largest absolute Gasteiger partial charge is 0.422 e. The van der Waals surface area contributed by atoms with Crippen molar-refractivity contribution in [2.75, 3.05) is 0 Å². The molecule has 0 aromatic heterocycles. The van der Waals surface area contributed by atoms with Gasteiger partial charge >= 0.3 is 6.18 Å². The van der Waals surface area contributed by atoms with Gasteiger partial charge in [0.25, 0.3) is 0 Å². The van der Waals surface area contributed by atoms with Crippen LogP contribution >= 0.6 is 0 Å². The molecule has 0 aliphatic heterocycles. The van der Waals surface area contributed by atoms with Gasteiger partial charge in [-0.1, -0.05) is 23.8 Å². The summed E-state index contributed by atoms with van der Waals surface area (Å²) in [5.74, 6) is -1.10. The molecule has 0 radical (unpaired) electrons. The van der Waals surface area contributed by atoms with Crippen molar-refractivity contribution in [3.63, 3.8) is 0 Å². The number of hydrogen-bond acceptors (Lipinski definition) is 0. The van der Waals surface area contributed by atoms with Crippen LogP contribution in [-0.4, -0.2) is 0 Å².